The summed E-state index contributed by atoms with van der Waals surface area (Å²) in [6.07, 6.45) is 3.06. The number of amides is 1. The van der Waals surface area contributed by atoms with Gasteiger partial charge in [0.1, 0.15) is 0 Å². The lowest BCUT2D eigenvalue weighted by Crippen LogP contribution is -2.60. The van der Waals surface area contributed by atoms with Crippen LogP contribution < -0.4 is 0 Å². The van der Waals surface area contributed by atoms with Gasteiger partial charge in [-0.15, -0.1) is 11.8 Å². The third-order valence-electron chi connectivity index (χ3n) is 5.37. The fourth-order valence-corrected chi connectivity index (χ4v) is 5.22. The molecule has 1 atom stereocenters. The number of aromatic nitrogens is 1. The number of pyridine rings is 1. The summed E-state index contributed by atoms with van der Waals surface area (Å²) < 4.78 is 6.23. The number of aryl methyl sites for hydroxylation is 2. The van der Waals surface area contributed by atoms with E-state index in [0.29, 0.717) is 6.61 Å². The van der Waals surface area contributed by atoms with Gasteiger partial charge in [-0.1, -0.05) is 12.1 Å². The lowest BCUT2D eigenvalue weighted by Gasteiger charge is -2.47. The Labute approximate surface area is 159 Å². The van der Waals surface area contributed by atoms with E-state index in [1.807, 2.05) is 53.1 Å². The molecule has 2 aliphatic rings. The predicted molar refractivity (Wildman–Crippen MR) is 104 cm³/mol. The van der Waals surface area contributed by atoms with Gasteiger partial charge >= 0.3 is 0 Å². The standard InChI is InChI=1S/C21H24N2O2S/c1-15-6-7-17(9-16(15)2)20(24)23-13-21(14-23)10-19(12-26-21)25-11-18-5-3-4-8-22-18/h3-9,19H,10-14H2,1-2H3. The van der Waals surface area contributed by atoms with E-state index in [0.717, 1.165) is 36.5 Å². The summed E-state index contributed by atoms with van der Waals surface area (Å²) in [4.78, 5) is 19.0. The summed E-state index contributed by atoms with van der Waals surface area (Å²) >= 11 is 1.96. The molecule has 4 rings (SSSR count). The number of carbonyl (C=O) groups is 1. The van der Waals surface area contributed by atoms with Crippen LogP contribution in [0.3, 0.4) is 0 Å². The molecule has 5 heteroatoms. The van der Waals surface area contributed by atoms with Crippen molar-refractivity contribution in [2.24, 2.45) is 0 Å². The van der Waals surface area contributed by atoms with Crippen LogP contribution >= 0.6 is 11.8 Å². The smallest absolute Gasteiger partial charge is 0.253 e. The highest BCUT2D eigenvalue weighted by Gasteiger charge is 2.51. The Morgan fingerprint density at radius 2 is 2.12 bits per heavy atom. The molecule has 26 heavy (non-hydrogen) atoms. The molecule has 0 saturated carbocycles. The van der Waals surface area contributed by atoms with Crippen molar-refractivity contribution in [3.8, 4) is 0 Å². The Bertz CT molecular complexity index is 803. The summed E-state index contributed by atoms with van der Waals surface area (Å²) in [5.41, 5.74) is 4.16. The van der Waals surface area contributed by atoms with Gasteiger partial charge in [0.15, 0.2) is 0 Å². The molecule has 1 unspecified atom stereocenters. The SMILES string of the molecule is Cc1ccc(C(=O)N2CC3(CC(OCc4ccccn4)CS3)C2)cc1C. The average molecular weight is 369 g/mol. The molecule has 136 valence electrons. The molecule has 4 nitrogen and oxygen atoms in total. The Hall–Kier alpha value is -1.85. The van der Waals surface area contributed by atoms with Gasteiger partial charge in [-0.2, -0.15) is 0 Å². The molecule has 0 bridgehead atoms. The van der Waals surface area contributed by atoms with Gasteiger partial charge < -0.3 is 9.64 Å². The van der Waals surface area contributed by atoms with E-state index in [2.05, 4.69) is 18.8 Å². The van der Waals surface area contributed by atoms with Crippen molar-refractivity contribution < 1.29 is 9.53 Å². The van der Waals surface area contributed by atoms with Gasteiger partial charge in [0.05, 0.1) is 23.2 Å². The maximum atomic E-state index is 12.7. The number of hydrogen-bond donors (Lipinski definition) is 0. The topological polar surface area (TPSA) is 42.4 Å². The number of carbonyl (C=O) groups excluding carboxylic acids is 1. The maximum Gasteiger partial charge on any atom is 0.253 e. The van der Waals surface area contributed by atoms with Gasteiger partial charge in [-0.05, 0) is 55.7 Å². The molecule has 2 aromatic rings. The van der Waals surface area contributed by atoms with Gasteiger partial charge in [-0.3, -0.25) is 9.78 Å². The number of benzene rings is 1. The third-order valence-corrected chi connectivity index (χ3v) is 6.94. The minimum atomic E-state index is 0.150. The molecule has 1 aromatic heterocycles. The van der Waals surface area contributed by atoms with Crippen LogP contribution in [0.1, 0.15) is 33.6 Å². The highest BCUT2D eigenvalue weighted by atomic mass is 32.2. The van der Waals surface area contributed by atoms with Crippen LogP contribution in [0.5, 0.6) is 0 Å². The van der Waals surface area contributed by atoms with Crippen molar-refractivity contribution in [1.82, 2.24) is 9.88 Å². The van der Waals surface area contributed by atoms with Crippen molar-refractivity contribution in [2.45, 2.75) is 37.7 Å². The van der Waals surface area contributed by atoms with E-state index in [1.54, 1.807) is 6.20 Å². The van der Waals surface area contributed by atoms with Crippen molar-refractivity contribution in [3.63, 3.8) is 0 Å². The number of thioether (sulfide) groups is 1. The summed E-state index contributed by atoms with van der Waals surface area (Å²) in [7, 11) is 0. The Kier molecular flexibility index (Phi) is 4.76. The molecule has 3 heterocycles. The number of likely N-dealkylation sites (tertiary alicyclic amines) is 1. The van der Waals surface area contributed by atoms with E-state index in [9.17, 15) is 4.79 Å². The van der Waals surface area contributed by atoms with E-state index in [1.165, 1.54) is 11.1 Å². The molecule has 0 aliphatic carbocycles. The Morgan fingerprint density at radius 3 is 2.85 bits per heavy atom. The molecular formula is C21H24N2O2S. The van der Waals surface area contributed by atoms with Crippen molar-refractivity contribution >= 4 is 17.7 Å². The summed E-state index contributed by atoms with van der Waals surface area (Å²) in [5, 5.41) is 0. The molecule has 2 fully saturated rings. The first-order chi connectivity index (χ1) is 12.5. The minimum Gasteiger partial charge on any atom is -0.371 e. The summed E-state index contributed by atoms with van der Waals surface area (Å²) in [5.74, 6) is 1.15. The van der Waals surface area contributed by atoms with Crippen LogP contribution in [-0.4, -0.2) is 45.5 Å². The molecular weight excluding hydrogens is 344 g/mol. The number of hydrogen-bond acceptors (Lipinski definition) is 4. The number of nitrogens with zero attached hydrogens (tertiary/aromatic N) is 2. The lowest BCUT2D eigenvalue weighted by molar-refractivity contribution is 0.0245. The quantitative estimate of drug-likeness (QED) is 0.827. The van der Waals surface area contributed by atoms with Crippen molar-refractivity contribution in [2.75, 3.05) is 18.8 Å². The Morgan fingerprint density at radius 1 is 1.27 bits per heavy atom. The molecule has 1 aromatic carbocycles. The van der Waals surface area contributed by atoms with Crippen LogP contribution in [-0.2, 0) is 11.3 Å². The average Bonchev–Trinajstić information content (AvgIpc) is 3.06. The monoisotopic (exact) mass is 368 g/mol. The summed E-state index contributed by atoms with van der Waals surface area (Å²) in [6, 6.07) is 11.9. The van der Waals surface area contributed by atoms with E-state index < -0.39 is 0 Å². The molecule has 1 spiro atoms. The van der Waals surface area contributed by atoms with Gasteiger partial charge in [0.2, 0.25) is 0 Å². The van der Waals surface area contributed by atoms with Gasteiger partial charge in [-0.25, -0.2) is 0 Å². The zero-order chi connectivity index (χ0) is 18.1. The van der Waals surface area contributed by atoms with Crippen LogP contribution in [0.2, 0.25) is 0 Å². The summed E-state index contributed by atoms with van der Waals surface area (Å²) in [6.45, 7) is 6.34. The minimum absolute atomic E-state index is 0.150. The first-order valence-corrected chi connectivity index (χ1v) is 10.1. The van der Waals surface area contributed by atoms with Gasteiger partial charge in [0, 0.05) is 30.6 Å². The number of rotatable bonds is 4. The van der Waals surface area contributed by atoms with Crippen molar-refractivity contribution in [3.05, 3.63) is 65.0 Å². The molecule has 1 amide bonds. The maximum absolute atomic E-state index is 12.7. The molecule has 2 saturated heterocycles. The fraction of sp³-hybridized carbons (Fsp3) is 0.429. The Balaban J connectivity index is 1.30. The molecule has 2 aliphatic heterocycles. The largest absolute Gasteiger partial charge is 0.371 e. The van der Waals surface area contributed by atoms with Crippen LogP contribution in [0, 0.1) is 13.8 Å². The second kappa shape index (κ2) is 7.05. The molecule has 0 radical (unpaired) electrons. The second-order valence-corrected chi connectivity index (χ2v) is 8.90. The van der Waals surface area contributed by atoms with Crippen molar-refractivity contribution in [1.29, 1.82) is 0 Å². The highest BCUT2D eigenvalue weighted by Crippen LogP contribution is 2.46. The third kappa shape index (κ3) is 3.51. The lowest BCUT2D eigenvalue weighted by atomic mass is 9.92. The normalized spacial score (nSPS) is 21.0. The predicted octanol–water partition coefficient (Wildman–Crippen LogP) is 3.62. The second-order valence-electron chi connectivity index (χ2n) is 7.41. The van der Waals surface area contributed by atoms with Crippen LogP contribution in [0.15, 0.2) is 42.6 Å². The van der Waals surface area contributed by atoms with E-state index in [4.69, 9.17) is 4.74 Å². The van der Waals surface area contributed by atoms with Gasteiger partial charge in [0.25, 0.3) is 5.91 Å². The zero-order valence-electron chi connectivity index (χ0n) is 15.3. The number of ether oxygens (including phenoxy) is 1. The molecule has 0 N–H and O–H groups in total. The first kappa shape index (κ1) is 17.6. The fourth-order valence-electron chi connectivity index (χ4n) is 3.67. The zero-order valence-corrected chi connectivity index (χ0v) is 16.1. The van der Waals surface area contributed by atoms with E-state index in [-0.39, 0.29) is 16.8 Å². The van der Waals surface area contributed by atoms with Crippen LogP contribution in [0.4, 0.5) is 0 Å². The highest BCUT2D eigenvalue weighted by molar-refractivity contribution is 8.01. The van der Waals surface area contributed by atoms with E-state index >= 15 is 0 Å². The van der Waals surface area contributed by atoms with Crippen LogP contribution in [0.25, 0.3) is 0 Å². The first-order valence-electron chi connectivity index (χ1n) is 9.07.